The fourth-order valence-electron chi connectivity index (χ4n) is 1.13. The van der Waals surface area contributed by atoms with E-state index in [0.717, 1.165) is 39.1 Å². The molecule has 4 nitrogen and oxygen atoms in total. The number of ether oxygens (including phenoxy) is 1. The number of unbranched alkanes of at least 4 members (excludes halogenated alkanes) is 1. The highest BCUT2D eigenvalue weighted by Gasteiger charge is 1.94. The van der Waals surface area contributed by atoms with Gasteiger partial charge in [0.25, 0.3) is 0 Å². The highest BCUT2D eigenvalue weighted by atomic mass is 16.5. The van der Waals surface area contributed by atoms with Gasteiger partial charge in [-0.1, -0.05) is 27.2 Å². The summed E-state index contributed by atoms with van der Waals surface area (Å²) in [6.07, 6.45) is 3.24. The maximum absolute atomic E-state index is 5.68. The smallest absolute Gasteiger partial charge is 0.188 e. The van der Waals surface area contributed by atoms with Crippen molar-refractivity contribution < 1.29 is 4.74 Å². The summed E-state index contributed by atoms with van der Waals surface area (Å²) in [6, 6.07) is 0. The Hall–Kier alpha value is -0.770. The van der Waals surface area contributed by atoms with Gasteiger partial charge < -0.3 is 15.8 Å². The molecule has 0 fully saturated rings. The molecule has 0 heterocycles. The quantitative estimate of drug-likeness (QED) is 0.360. The minimum Gasteiger partial charge on any atom is -0.381 e. The van der Waals surface area contributed by atoms with Crippen LogP contribution in [-0.2, 0) is 4.74 Å². The van der Waals surface area contributed by atoms with Crippen molar-refractivity contribution in [3.63, 3.8) is 0 Å². The molecule has 0 radical (unpaired) electrons. The zero-order valence-electron chi connectivity index (χ0n) is 11.0. The second-order valence-corrected chi connectivity index (χ2v) is 4.37. The lowest BCUT2D eigenvalue weighted by molar-refractivity contribution is 0.109. The molecule has 0 aliphatic carbocycles. The largest absolute Gasteiger partial charge is 0.381 e. The second kappa shape index (κ2) is 10.7. The average molecular weight is 229 g/mol. The van der Waals surface area contributed by atoms with Crippen LogP contribution in [0.1, 0.15) is 40.0 Å². The summed E-state index contributed by atoms with van der Waals surface area (Å²) in [5.74, 6) is 1.15. The van der Waals surface area contributed by atoms with E-state index >= 15 is 0 Å². The van der Waals surface area contributed by atoms with Gasteiger partial charge >= 0.3 is 0 Å². The van der Waals surface area contributed by atoms with Gasteiger partial charge in [-0.2, -0.15) is 0 Å². The molecular formula is C12H27N3O. The Morgan fingerprint density at radius 3 is 2.75 bits per heavy atom. The molecule has 0 aromatic carbocycles. The molecule has 0 saturated carbocycles. The van der Waals surface area contributed by atoms with E-state index in [4.69, 9.17) is 10.5 Å². The van der Waals surface area contributed by atoms with Crippen LogP contribution in [0.15, 0.2) is 4.99 Å². The Labute approximate surface area is 99.7 Å². The summed E-state index contributed by atoms with van der Waals surface area (Å²) in [6.45, 7) is 9.69. The summed E-state index contributed by atoms with van der Waals surface area (Å²) in [4.78, 5) is 4.22. The lowest BCUT2D eigenvalue weighted by Crippen LogP contribution is -2.32. The highest BCUT2D eigenvalue weighted by Crippen LogP contribution is 1.93. The molecule has 0 atom stereocenters. The number of nitrogens with one attached hydrogen (secondary N) is 1. The molecule has 0 unspecified atom stereocenters. The van der Waals surface area contributed by atoms with Crippen LogP contribution in [0, 0.1) is 5.92 Å². The summed E-state index contributed by atoms with van der Waals surface area (Å²) in [7, 11) is 0. The van der Waals surface area contributed by atoms with Crippen molar-refractivity contribution in [3.05, 3.63) is 0 Å². The van der Waals surface area contributed by atoms with E-state index in [1.165, 1.54) is 6.42 Å². The van der Waals surface area contributed by atoms with Crippen LogP contribution in [0.5, 0.6) is 0 Å². The third-order valence-electron chi connectivity index (χ3n) is 2.02. The fourth-order valence-corrected chi connectivity index (χ4v) is 1.13. The predicted molar refractivity (Wildman–Crippen MR) is 69.7 cm³/mol. The second-order valence-electron chi connectivity index (χ2n) is 4.37. The normalized spacial score (nSPS) is 12.1. The van der Waals surface area contributed by atoms with Crippen molar-refractivity contribution in [2.24, 2.45) is 16.6 Å². The molecule has 0 aromatic rings. The maximum Gasteiger partial charge on any atom is 0.188 e. The van der Waals surface area contributed by atoms with Crippen LogP contribution >= 0.6 is 0 Å². The Kier molecular flexibility index (Phi) is 10.2. The zero-order chi connectivity index (χ0) is 12.2. The molecule has 4 heteroatoms. The number of nitrogens with zero attached hydrogens (tertiary/aromatic N) is 1. The SMILES string of the molecule is CCCCNC(N)=NCCCOCC(C)C. The van der Waals surface area contributed by atoms with Crippen molar-refractivity contribution in [2.75, 3.05) is 26.3 Å². The van der Waals surface area contributed by atoms with E-state index in [1.807, 2.05) is 0 Å². The van der Waals surface area contributed by atoms with E-state index in [1.54, 1.807) is 0 Å². The van der Waals surface area contributed by atoms with Gasteiger partial charge in [-0.05, 0) is 18.8 Å². The molecule has 0 rings (SSSR count). The monoisotopic (exact) mass is 229 g/mol. The third kappa shape index (κ3) is 11.3. The highest BCUT2D eigenvalue weighted by molar-refractivity contribution is 5.77. The van der Waals surface area contributed by atoms with Crippen LogP contribution in [0.3, 0.4) is 0 Å². The Bertz CT molecular complexity index is 181. The summed E-state index contributed by atoms with van der Waals surface area (Å²) >= 11 is 0. The standard InChI is InChI=1S/C12H27N3O/c1-4-5-7-14-12(13)15-8-6-9-16-10-11(2)3/h11H,4-10H2,1-3H3,(H3,13,14,15). The van der Waals surface area contributed by atoms with Gasteiger partial charge in [0.2, 0.25) is 0 Å². The molecule has 16 heavy (non-hydrogen) atoms. The van der Waals surface area contributed by atoms with Crippen molar-refractivity contribution in [3.8, 4) is 0 Å². The van der Waals surface area contributed by atoms with Gasteiger partial charge in [0.1, 0.15) is 0 Å². The minimum atomic E-state index is 0.553. The fraction of sp³-hybridized carbons (Fsp3) is 0.917. The van der Waals surface area contributed by atoms with E-state index in [9.17, 15) is 0 Å². The van der Waals surface area contributed by atoms with Crippen LogP contribution in [0.25, 0.3) is 0 Å². The van der Waals surface area contributed by atoms with Crippen molar-refractivity contribution in [1.82, 2.24) is 5.32 Å². The van der Waals surface area contributed by atoms with Gasteiger partial charge in [-0.25, -0.2) is 0 Å². The first-order chi connectivity index (χ1) is 7.66. The van der Waals surface area contributed by atoms with Crippen molar-refractivity contribution >= 4 is 5.96 Å². The minimum absolute atomic E-state index is 0.553. The zero-order valence-corrected chi connectivity index (χ0v) is 11.0. The molecule has 0 spiro atoms. The first kappa shape index (κ1) is 15.2. The van der Waals surface area contributed by atoms with Gasteiger partial charge in [0, 0.05) is 26.3 Å². The van der Waals surface area contributed by atoms with Crippen LogP contribution in [0.4, 0.5) is 0 Å². The van der Waals surface area contributed by atoms with Gasteiger partial charge in [0.05, 0.1) is 0 Å². The Morgan fingerprint density at radius 2 is 2.12 bits per heavy atom. The van der Waals surface area contributed by atoms with Gasteiger partial charge in [-0.15, -0.1) is 0 Å². The van der Waals surface area contributed by atoms with Gasteiger partial charge in [-0.3, -0.25) is 4.99 Å². The molecule has 0 saturated heterocycles. The lowest BCUT2D eigenvalue weighted by atomic mass is 10.2. The summed E-state index contributed by atoms with van der Waals surface area (Å²) < 4.78 is 5.44. The van der Waals surface area contributed by atoms with E-state index in [0.29, 0.717) is 11.9 Å². The average Bonchev–Trinajstić information content (AvgIpc) is 2.23. The summed E-state index contributed by atoms with van der Waals surface area (Å²) in [5.41, 5.74) is 5.68. The topological polar surface area (TPSA) is 59.6 Å². The number of hydrogen-bond acceptors (Lipinski definition) is 2. The first-order valence-corrected chi connectivity index (χ1v) is 6.28. The van der Waals surface area contributed by atoms with Crippen LogP contribution in [-0.4, -0.2) is 32.3 Å². The molecule has 0 aromatic heterocycles. The summed E-state index contributed by atoms with van der Waals surface area (Å²) in [5, 5.41) is 3.08. The number of nitrogens with two attached hydrogens (primary N) is 1. The first-order valence-electron chi connectivity index (χ1n) is 6.28. The number of hydrogen-bond donors (Lipinski definition) is 2. The molecule has 0 bridgehead atoms. The maximum atomic E-state index is 5.68. The lowest BCUT2D eigenvalue weighted by Gasteiger charge is -2.06. The predicted octanol–water partition coefficient (Wildman–Crippen LogP) is 1.75. The Balaban J connectivity index is 3.30. The molecule has 0 aliphatic heterocycles. The molecule has 3 N–H and O–H groups in total. The van der Waals surface area contributed by atoms with E-state index in [-0.39, 0.29) is 0 Å². The number of aliphatic imine (C=N–C) groups is 1. The van der Waals surface area contributed by atoms with Gasteiger partial charge in [0.15, 0.2) is 5.96 Å². The number of rotatable bonds is 9. The van der Waals surface area contributed by atoms with E-state index in [2.05, 4.69) is 31.1 Å². The molecule has 0 amide bonds. The van der Waals surface area contributed by atoms with E-state index < -0.39 is 0 Å². The van der Waals surface area contributed by atoms with Crippen molar-refractivity contribution in [1.29, 1.82) is 0 Å². The van der Waals surface area contributed by atoms with Crippen LogP contribution in [0.2, 0.25) is 0 Å². The molecule has 0 aliphatic rings. The van der Waals surface area contributed by atoms with Crippen LogP contribution < -0.4 is 11.1 Å². The Morgan fingerprint density at radius 1 is 1.38 bits per heavy atom. The van der Waals surface area contributed by atoms with Crippen molar-refractivity contribution in [2.45, 2.75) is 40.0 Å². The number of guanidine groups is 1. The molecular weight excluding hydrogens is 202 g/mol. The molecule has 96 valence electrons. The third-order valence-corrected chi connectivity index (χ3v) is 2.02.